The number of hydrogen-bond donors (Lipinski definition) is 1. The van der Waals surface area contributed by atoms with Gasteiger partial charge in [-0.2, -0.15) is 0 Å². The Morgan fingerprint density at radius 3 is 3.00 bits per heavy atom. The maximum atomic E-state index is 9.12. The Kier molecular flexibility index (Phi) is 3.31. The van der Waals surface area contributed by atoms with Crippen LogP contribution >= 0.6 is 0 Å². The zero-order valence-corrected chi connectivity index (χ0v) is 6.99. The van der Waals surface area contributed by atoms with Crippen molar-refractivity contribution in [1.29, 1.82) is 0 Å². The van der Waals surface area contributed by atoms with Gasteiger partial charge in [0.1, 0.15) is 11.8 Å². The van der Waals surface area contributed by atoms with Crippen LogP contribution in [0, 0.1) is 11.8 Å². The summed E-state index contributed by atoms with van der Waals surface area (Å²) in [5.41, 5.74) is 0.699. The highest BCUT2D eigenvalue weighted by Crippen LogP contribution is 1.91. The SMILES string of the molecule is CCC(O)C#Cc1ccccn1. The number of nitrogens with zero attached hydrogens (tertiary/aromatic N) is 1. The van der Waals surface area contributed by atoms with E-state index in [1.165, 1.54) is 0 Å². The molecule has 0 aliphatic carbocycles. The van der Waals surface area contributed by atoms with Crippen LogP contribution < -0.4 is 0 Å². The van der Waals surface area contributed by atoms with Crippen LogP contribution in [0.5, 0.6) is 0 Å². The Bertz CT molecular complexity index is 284. The lowest BCUT2D eigenvalue weighted by Crippen LogP contribution is -1.98. The van der Waals surface area contributed by atoms with Crippen molar-refractivity contribution in [3.63, 3.8) is 0 Å². The van der Waals surface area contributed by atoms with Gasteiger partial charge < -0.3 is 5.11 Å². The fraction of sp³-hybridized carbons (Fsp3) is 0.300. The third kappa shape index (κ3) is 2.73. The summed E-state index contributed by atoms with van der Waals surface area (Å²) in [7, 11) is 0. The van der Waals surface area contributed by atoms with Crippen LogP contribution in [0.3, 0.4) is 0 Å². The smallest absolute Gasteiger partial charge is 0.114 e. The molecule has 1 aromatic heterocycles. The molecule has 1 unspecified atom stereocenters. The molecule has 12 heavy (non-hydrogen) atoms. The summed E-state index contributed by atoms with van der Waals surface area (Å²) in [6.07, 6.45) is 1.80. The van der Waals surface area contributed by atoms with E-state index in [4.69, 9.17) is 5.11 Å². The Labute approximate surface area is 72.3 Å². The molecule has 1 rings (SSSR count). The van der Waals surface area contributed by atoms with Crippen molar-refractivity contribution in [2.24, 2.45) is 0 Å². The second-order valence-corrected chi connectivity index (χ2v) is 2.41. The molecule has 0 radical (unpaired) electrons. The highest BCUT2D eigenvalue weighted by Gasteiger charge is 1.91. The average Bonchev–Trinajstić information content (AvgIpc) is 2.16. The summed E-state index contributed by atoms with van der Waals surface area (Å²) >= 11 is 0. The minimum Gasteiger partial charge on any atom is -0.380 e. The van der Waals surface area contributed by atoms with E-state index < -0.39 is 6.10 Å². The molecule has 0 saturated heterocycles. The first-order chi connectivity index (χ1) is 5.83. The molecule has 0 aromatic carbocycles. The zero-order chi connectivity index (χ0) is 8.81. The van der Waals surface area contributed by atoms with Gasteiger partial charge in [-0.1, -0.05) is 18.9 Å². The molecular formula is C10H11NO. The molecule has 62 valence electrons. The molecule has 0 saturated carbocycles. The van der Waals surface area contributed by atoms with E-state index in [-0.39, 0.29) is 0 Å². The van der Waals surface area contributed by atoms with Gasteiger partial charge in [-0.25, -0.2) is 4.98 Å². The molecule has 1 atom stereocenters. The molecule has 0 amide bonds. The Hall–Kier alpha value is -1.33. The van der Waals surface area contributed by atoms with Crippen LogP contribution in [0.1, 0.15) is 19.0 Å². The largest absolute Gasteiger partial charge is 0.380 e. The maximum absolute atomic E-state index is 9.12. The molecule has 0 aliphatic heterocycles. The third-order valence-electron chi connectivity index (χ3n) is 1.42. The van der Waals surface area contributed by atoms with E-state index in [9.17, 15) is 0 Å². The van der Waals surface area contributed by atoms with Gasteiger partial charge in [-0.3, -0.25) is 0 Å². The first-order valence-electron chi connectivity index (χ1n) is 3.93. The lowest BCUT2D eigenvalue weighted by molar-refractivity contribution is 0.228. The van der Waals surface area contributed by atoms with Crippen molar-refractivity contribution in [2.75, 3.05) is 0 Å². The van der Waals surface area contributed by atoms with E-state index in [1.54, 1.807) is 6.20 Å². The minimum absolute atomic E-state index is 0.535. The van der Waals surface area contributed by atoms with Gasteiger partial charge in [0.2, 0.25) is 0 Å². The van der Waals surface area contributed by atoms with Crippen LogP contribution in [0.15, 0.2) is 24.4 Å². The lowest BCUT2D eigenvalue weighted by atomic mass is 10.2. The molecule has 1 aromatic rings. The van der Waals surface area contributed by atoms with E-state index in [2.05, 4.69) is 16.8 Å². The van der Waals surface area contributed by atoms with Gasteiger partial charge in [0, 0.05) is 6.20 Å². The first-order valence-corrected chi connectivity index (χ1v) is 3.93. The summed E-state index contributed by atoms with van der Waals surface area (Å²) in [6.45, 7) is 1.89. The van der Waals surface area contributed by atoms with E-state index in [0.717, 1.165) is 0 Å². The quantitative estimate of drug-likeness (QED) is 0.628. The van der Waals surface area contributed by atoms with Crippen molar-refractivity contribution in [1.82, 2.24) is 4.98 Å². The van der Waals surface area contributed by atoms with Gasteiger partial charge in [-0.05, 0) is 24.5 Å². The number of aliphatic hydroxyl groups excluding tert-OH is 1. The predicted octanol–water partition coefficient (Wildman–Crippen LogP) is 1.20. The van der Waals surface area contributed by atoms with Gasteiger partial charge in [0.25, 0.3) is 0 Å². The second kappa shape index (κ2) is 4.53. The second-order valence-electron chi connectivity index (χ2n) is 2.41. The van der Waals surface area contributed by atoms with Crippen molar-refractivity contribution in [3.8, 4) is 11.8 Å². The Morgan fingerprint density at radius 1 is 1.58 bits per heavy atom. The van der Waals surface area contributed by atoms with E-state index in [1.807, 2.05) is 25.1 Å². The third-order valence-corrected chi connectivity index (χ3v) is 1.42. The molecule has 0 fully saturated rings. The topological polar surface area (TPSA) is 33.1 Å². The van der Waals surface area contributed by atoms with Crippen LogP contribution in [0.4, 0.5) is 0 Å². The summed E-state index contributed by atoms with van der Waals surface area (Å²) < 4.78 is 0. The Morgan fingerprint density at radius 2 is 2.42 bits per heavy atom. The van der Waals surface area contributed by atoms with Crippen LogP contribution in [-0.4, -0.2) is 16.2 Å². The molecule has 1 heterocycles. The highest BCUT2D eigenvalue weighted by atomic mass is 16.3. The normalized spacial score (nSPS) is 11.5. The van der Waals surface area contributed by atoms with Crippen LogP contribution in [0.25, 0.3) is 0 Å². The number of rotatable bonds is 1. The molecule has 2 nitrogen and oxygen atoms in total. The highest BCUT2D eigenvalue weighted by molar-refractivity contribution is 5.27. The van der Waals surface area contributed by atoms with Crippen molar-refractivity contribution in [2.45, 2.75) is 19.4 Å². The van der Waals surface area contributed by atoms with Crippen LogP contribution in [0.2, 0.25) is 0 Å². The maximum Gasteiger partial charge on any atom is 0.114 e. The van der Waals surface area contributed by atoms with E-state index in [0.29, 0.717) is 12.1 Å². The molecule has 0 aliphatic rings. The Balaban J connectivity index is 2.67. The summed E-state index contributed by atoms with van der Waals surface area (Å²) in [5.74, 6) is 5.48. The van der Waals surface area contributed by atoms with Crippen LogP contribution in [-0.2, 0) is 0 Å². The van der Waals surface area contributed by atoms with Crippen molar-refractivity contribution in [3.05, 3.63) is 30.1 Å². The van der Waals surface area contributed by atoms with Crippen molar-refractivity contribution >= 4 is 0 Å². The van der Waals surface area contributed by atoms with E-state index >= 15 is 0 Å². The lowest BCUT2D eigenvalue weighted by Gasteiger charge is -1.93. The molecule has 0 spiro atoms. The fourth-order valence-corrected chi connectivity index (χ4v) is 0.696. The number of pyridine rings is 1. The molecule has 0 bridgehead atoms. The summed E-state index contributed by atoms with van der Waals surface area (Å²) in [4.78, 5) is 4.00. The average molecular weight is 161 g/mol. The number of aromatic nitrogens is 1. The molecule has 2 heteroatoms. The first kappa shape index (κ1) is 8.76. The summed E-state index contributed by atoms with van der Waals surface area (Å²) in [6, 6.07) is 5.52. The molecular weight excluding hydrogens is 150 g/mol. The fourth-order valence-electron chi connectivity index (χ4n) is 0.696. The van der Waals surface area contributed by atoms with Gasteiger partial charge in [-0.15, -0.1) is 0 Å². The predicted molar refractivity (Wildman–Crippen MR) is 47.4 cm³/mol. The van der Waals surface area contributed by atoms with Crippen molar-refractivity contribution < 1.29 is 5.11 Å². The summed E-state index contributed by atoms with van der Waals surface area (Å²) in [5, 5.41) is 9.12. The number of aliphatic hydroxyl groups is 1. The monoisotopic (exact) mass is 161 g/mol. The van der Waals surface area contributed by atoms with Gasteiger partial charge in [0.15, 0.2) is 0 Å². The number of hydrogen-bond acceptors (Lipinski definition) is 2. The zero-order valence-electron chi connectivity index (χ0n) is 6.99. The standard InChI is InChI=1S/C10H11NO/c1-2-10(12)7-6-9-5-3-4-8-11-9/h3-5,8,10,12H,2H2,1H3. The molecule has 1 N–H and O–H groups in total. The van der Waals surface area contributed by atoms with Gasteiger partial charge >= 0.3 is 0 Å². The minimum atomic E-state index is -0.535. The van der Waals surface area contributed by atoms with Gasteiger partial charge in [0.05, 0.1) is 0 Å².